The Morgan fingerprint density at radius 3 is 2.64 bits per heavy atom. The van der Waals surface area contributed by atoms with E-state index in [1.54, 1.807) is 30.7 Å². The lowest BCUT2D eigenvalue weighted by Crippen LogP contribution is -2.25. The molecule has 0 aliphatic rings. The summed E-state index contributed by atoms with van der Waals surface area (Å²) in [6, 6.07) is 11.0. The lowest BCUT2D eigenvalue weighted by molar-refractivity contribution is -0.119. The smallest absolute Gasteiger partial charge is 0.259 e. The average molecular weight is 298 g/mol. The summed E-state index contributed by atoms with van der Waals surface area (Å²) >= 11 is 0. The zero-order chi connectivity index (χ0) is 15.6. The van der Waals surface area contributed by atoms with E-state index in [1.807, 2.05) is 31.2 Å². The highest BCUT2D eigenvalue weighted by atomic mass is 16.5. The minimum Gasteiger partial charge on any atom is -0.494 e. The lowest BCUT2D eigenvalue weighted by atomic mass is 10.3. The van der Waals surface area contributed by atoms with E-state index in [2.05, 4.69) is 20.8 Å². The van der Waals surface area contributed by atoms with Crippen molar-refractivity contribution in [2.75, 3.05) is 18.5 Å². The number of benzene rings is 1. The average Bonchev–Trinajstić information content (AvgIpc) is 2.55. The highest BCUT2D eigenvalue weighted by molar-refractivity contribution is 5.84. The molecule has 114 valence electrons. The number of hydrogen-bond donors (Lipinski definition) is 2. The van der Waals surface area contributed by atoms with Gasteiger partial charge in [-0.05, 0) is 48.9 Å². The van der Waals surface area contributed by atoms with Crippen LogP contribution in [-0.2, 0) is 4.79 Å². The summed E-state index contributed by atoms with van der Waals surface area (Å²) in [5.74, 6) is 0.582. The molecule has 2 aromatic rings. The monoisotopic (exact) mass is 298 g/mol. The van der Waals surface area contributed by atoms with Gasteiger partial charge in [-0.15, -0.1) is 0 Å². The fourth-order valence-corrected chi connectivity index (χ4v) is 1.69. The molecule has 0 unspecified atom stereocenters. The van der Waals surface area contributed by atoms with Gasteiger partial charge in [0.15, 0.2) is 0 Å². The van der Waals surface area contributed by atoms with E-state index < -0.39 is 0 Å². The predicted octanol–water partition coefficient (Wildman–Crippen LogP) is 2.04. The molecule has 0 spiro atoms. The van der Waals surface area contributed by atoms with Crippen LogP contribution in [0.5, 0.6) is 5.75 Å². The zero-order valence-corrected chi connectivity index (χ0v) is 12.3. The molecule has 2 rings (SSSR count). The second kappa shape index (κ2) is 8.41. The highest BCUT2D eigenvalue weighted by Crippen LogP contribution is 2.15. The Morgan fingerprint density at radius 1 is 1.23 bits per heavy atom. The van der Waals surface area contributed by atoms with Crippen molar-refractivity contribution in [2.45, 2.75) is 6.92 Å². The van der Waals surface area contributed by atoms with Gasteiger partial charge in [-0.3, -0.25) is 9.78 Å². The van der Waals surface area contributed by atoms with Crippen LogP contribution in [0, 0.1) is 0 Å². The van der Waals surface area contributed by atoms with E-state index in [9.17, 15) is 4.79 Å². The van der Waals surface area contributed by atoms with E-state index in [1.165, 1.54) is 0 Å². The Labute approximate surface area is 129 Å². The molecule has 0 saturated heterocycles. The number of carbonyl (C=O) groups is 1. The number of amides is 1. The fourth-order valence-electron chi connectivity index (χ4n) is 1.69. The first-order valence-electron chi connectivity index (χ1n) is 6.96. The van der Waals surface area contributed by atoms with Crippen molar-refractivity contribution < 1.29 is 9.53 Å². The molecule has 0 bridgehead atoms. The largest absolute Gasteiger partial charge is 0.494 e. The summed E-state index contributed by atoms with van der Waals surface area (Å²) in [4.78, 5) is 15.6. The molecule has 1 aromatic heterocycles. The second-order valence-corrected chi connectivity index (χ2v) is 4.38. The van der Waals surface area contributed by atoms with Crippen molar-refractivity contribution in [2.24, 2.45) is 5.10 Å². The van der Waals surface area contributed by atoms with Crippen LogP contribution in [0.1, 0.15) is 12.5 Å². The number of anilines is 1. The van der Waals surface area contributed by atoms with Crippen LogP contribution in [0.2, 0.25) is 0 Å². The minimum absolute atomic E-state index is 0.141. The highest BCUT2D eigenvalue weighted by Gasteiger charge is 2.00. The summed E-state index contributed by atoms with van der Waals surface area (Å²) < 4.78 is 5.35. The Hall–Kier alpha value is -2.89. The Bertz CT molecular complexity index is 612. The number of nitrogens with zero attached hydrogens (tertiary/aromatic N) is 2. The first-order chi connectivity index (χ1) is 10.8. The molecular formula is C16H18N4O2. The molecule has 1 amide bonds. The minimum atomic E-state index is -0.223. The molecule has 0 atom stereocenters. The van der Waals surface area contributed by atoms with E-state index in [-0.39, 0.29) is 12.5 Å². The van der Waals surface area contributed by atoms with Crippen molar-refractivity contribution in [3.05, 3.63) is 54.4 Å². The number of pyridine rings is 1. The van der Waals surface area contributed by atoms with E-state index in [0.29, 0.717) is 6.61 Å². The van der Waals surface area contributed by atoms with Crippen molar-refractivity contribution >= 4 is 17.8 Å². The number of aromatic nitrogens is 1. The van der Waals surface area contributed by atoms with Gasteiger partial charge in [-0.25, -0.2) is 5.43 Å². The standard InChI is InChI=1S/C16H18N4O2/c1-2-22-15-5-3-14(4-6-15)18-12-16(21)20-19-11-13-7-9-17-10-8-13/h3-11,18H,2,12H2,1H3,(H,20,21)/b19-11+. The third kappa shape index (κ3) is 5.24. The first-order valence-corrected chi connectivity index (χ1v) is 6.96. The number of hydrazone groups is 1. The summed E-state index contributed by atoms with van der Waals surface area (Å²) in [6.45, 7) is 2.70. The van der Waals surface area contributed by atoms with Crippen LogP contribution in [-0.4, -0.2) is 30.3 Å². The molecule has 0 saturated carbocycles. The third-order valence-corrected chi connectivity index (χ3v) is 2.73. The first kappa shape index (κ1) is 15.5. The number of ether oxygens (including phenoxy) is 1. The molecular weight excluding hydrogens is 280 g/mol. The maximum absolute atomic E-state index is 11.7. The van der Waals surface area contributed by atoms with Crippen LogP contribution >= 0.6 is 0 Å². The number of rotatable bonds is 7. The SMILES string of the molecule is CCOc1ccc(NCC(=O)N/N=C/c2ccncc2)cc1. The van der Waals surface area contributed by atoms with Gasteiger partial charge in [0, 0.05) is 18.1 Å². The number of hydrogen-bond acceptors (Lipinski definition) is 5. The van der Waals surface area contributed by atoms with E-state index >= 15 is 0 Å². The van der Waals surface area contributed by atoms with Gasteiger partial charge in [0.25, 0.3) is 5.91 Å². The summed E-state index contributed by atoms with van der Waals surface area (Å²) in [5.41, 5.74) is 4.17. The Kier molecular flexibility index (Phi) is 5.92. The molecule has 0 aliphatic heterocycles. The summed E-state index contributed by atoms with van der Waals surface area (Å²) in [5, 5.41) is 6.89. The van der Waals surface area contributed by atoms with Crippen molar-refractivity contribution in [1.82, 2.24) is 10.4 Å². The quantitative estimate of drug-likeness (QED) is 0.606. The lowest BCUT2D eigenvalue weighted by Gasteiger charge is -2.07. The summed E-state index contributed by atoms with van der Waals surface area (Å²) in [7, 11) is 0. The maximum atomic E-state index is 11.7. The van der Waals surface area contributed by atoms with Gasteiger partial charge in [-0.2, -0.15) is 5.10 Å². The third-order valence-electron chi connectivity index (χ3n) is 2.73. The molecule has 22 heavy (non-hydrogen) atoms. The molecule has 0 aliphatic carbocycles. The fraction of sp³-hybridized carbons (Fsp3) is 0.188. The molecule has 1 heterocycles. The molecule has 0 radical (unpaired) electrons. The van der Waals surface area contributed by atoms with Crippen LogP contribution in [0.4, 0.5) is 5.69 Å². The maximum Gasteiger partial charge on any atom is 0.259 e. The Morgan fingerprint density at radius 2 is 1.95 bits per heavy atom. The van der Waals surface area contributed by atoms with Gasteiger partial charge >= 0.3 is 0 Å². The van der Waals surface area contributed by atoms with E-state index in [4.69, 9.17) is 4.74 Å². The molecule has 2 N–H and O–H groups in total. The topological polar surface area (TPSA) is 75.6 Å². The van der Waals surface area contributed by atoms with Gasteiger partial charge in [0.1, 0.15) is 5.75 Å². The molecule has 6 nitrogen and oxygen atoms in total. The van der Waals surface area contributed by atoms with Crippen molar-refractivity contribution in [1.29, 1.82) is 0 Å². The number of carbonyl (C=O) groups excluding carboxylic acids is 1. The molecule has 0 fully saturated rings. The van der Waals surface area contributed by atoms with Crippen LogP contribution in [0.3, 0.4) is 0 Å². The van der Waals surface area contributed by atoms with Crippen molar-refractivity contribution in [3.8, 4) is 5.75 Å². The normalized spacial score (nSPS) is 10.4. The summed E-state index contributed by atoms with van der Waals surface area (Å²) in [6.07, 6.45) is 4.89. The predicted molar refractivity (Wildman–Crippen MR) is 86.1 cm³/mol. The van der Waals surface area contributed by atoms with Crippen LogP contribution < -0.4 is 15.5 Å². The second-order valence-electron chi connectivity index (χ2n) is 4.38. The van der Waals surface area contributed by atoms with Crippen LogP contribution in [0.15, 0.2) is 53.9 Å². The Balaban J connectivity index is 1.74. The zero-order valence-electron chi connectivity index (χ0n) is 12.3. The van der Waals surface area contributed by atoms with Crippen molar-refractivity contribution in [3.63, 3.8) is 0 Å². The molecule has 1 aromatic carbocycles. The van der Waals surface area contributed by atoms with E-state index in [0.717, 1.165) is 17.0 Å². The van der Waals surface area contributed by atoms with Crippen LogP contribution in [0.25, 0.3) is 0 Å². The van der Waals surface area contributed by atoms with Gasteiger partial charge < -0.3 is 10.1 Å². The van der Waals surface area contributed by atoms with Gasteiger partial charge in [0.2, 0.25) is 0 Å². The van der Waals surface area contributed by atoms with Gasteiger partial charge in [0.05, 0.1) is 19.4 Å². The molecule has 6 heteroatoms. The number of nitrogens with one attached hydrogen (secondary N) is 2. The van der Waals surface area contributed by atoms with Gasteiger partial charge in [-0.1, -0.05) is 0 Å².